The van der Waals surface area contributed by atoms with E-state index in [1.807, 2.05) is 30.3 Å². The molecule has 1 saturated heterocycles. The number of hydrogen-bond donors (Lipinski definition) is 0. The lowest BCUT2D eigenvalue weighted by Gasteiger charge is -2.29. The van der Waals surface area contributed by atoms with E-state index in [1.54, 1.807) is 23.1 Å². The molecule has 1 heterocycles. The first-order valence-corrected chi connectivity index (χ1v) is 8.90. The first-order valence-electron chi connectivity index (χ1n) is 8.11. The molecule has 0 saturated carbocycles. The van der Waals surface area contributed by atoms with Crippen molar-refractivity contribution in [2.75, 3.05) is 13.1 Å². The van der Waals surface area contributed by atoms with Crippen molar-refractivity contribution in [1.29, 1.82) is 0 Å². The zero-order valence-electron chi connectivity index (χ0n) is 13.6. The van der Waals surface area contributed by atoms with Gasteiger partial charge in [-0.1, -0.05) is 25.1 Å². The smallest absolute Gasteiger partial charge is 0.415 e. The van der Waals surface area contributed by atoms with Crippen LogP contribution in [0.15, 0.2) is 53.0 Å². The van der Waals surface area contributed by atoms with Crippen LogP contribution in [0.3, 0.4) is 0 Å². The minimum absolute atomic E-state index is 0.292. The van der Waals surface area contributed by atoms with Gasteiger partial charge in [-0.15, -0.1) is 0 Å². The lowest BCUT2D eigenvalue weighted by Crippen LogP contribution is -2.39. The standard InChI is InChI=1S/C19H20BrNO3/c1-14-9-11-21(12-10-14)19(22)24-18-8-7-16(13-17(18)20)23-15-5-3-2-4-6-15/h2-8,13-14H,9-12H2,1H3. The summed E-state index contributed by atoms with van der Waals surface area (Å²) in [5.41, 5.74) is 0. The molecule has 0 unspecified atom stereocenters. The van der Waals surface area contributed by atoms with Gasteiger partial charge in [0.15, 0.2) is 0 Å². The Hall–Kier alpha value is -2.01. The van der Waals surface area contributed by atoms with Crippen LogP contribution in [0.5, 0.6) is 17.2 Å². The number of hydrogen-bond acceptors (Lipinski definition) is 3. The Morgan fingerprint density at radius 2 is 1.79 bits per heavy atom. The first kappa shape index (κ1) is 16.8. The van der Waals surface area contributed by atoms with E-state index in [0.717, 1.165) is 31.7 Å². The summed E-state index contributed by atoms with van der Waals surface area (Å²) in [6.45, 7) is 3.73. The fourth-order valence-corrected chi connectivity index (χ4v) is 3.04. The summed E-state index contributed by atoms with van der Waals surface area (Å²) < 4.78 is 12.0. The maximum atomic E-state index is 12.3. The van der Waals surface area contributed by atoms with E-state index in [2.05, 4.69) is 22.9 Å². The molecule has 3 rings (SSSR count). The second kappa shape index (κ2) is 7.71. The Bertz CT molecular complexity index is 697. The van der Waals surface area contributed by atoms with Crippen LogP contribution in [-0.2, 0) is 0 Å². The van der Waals surface area contributed by atoms with E-state index in [9.17, 15) is 4.79 Å². The van der Waals surface area contributed by atoms with Gasteiger partial charge >= 0.3 is 6.09 Å². The molecule has 0 N–H and O–H groups in total. The number of halogens is 1. The van der Waals surface area contributed by atoms with Crippen LogP contribution in [0.2, 0.25) is 0 Å². The molecular weight excluding hydrogens is 370 g/mol. The average Bonchev–Trinajstić information content (AvgIpc) is 2.59. The Labute approximate surface area is 150 Å². The Morgan fingerprint density at radius 3 is 2.46 bits per heavy atom. The number of likely N-dealkylation sites (tertiary alicyclic amines) is 1. The molecule has 2 aromatic carbocycles. The monoisotopic (exact) mass is 389 g/mol. The molecule has 2 aromatic rings. The highest BCUT2D eigenvalue weighted by Gasteiger charge is 2.22. The van der Waals surface area contributed by atoms with Gasteiger partial charge in [-0.2, -0.15) is 0 Å². The third-order valence-electron chi connectivity index (χ3n) is 4.12. The summed E-state index contributed by atoms with van der Waals surface area (Å²) in [5.74, 6) is 2.62. The van der Waals surface area contributed by atoms with E-state index in [0.29, 0.717) is 21.9 Å². The van der Waals surface area contributed by atoms with Crippen molar-refractivity contribution in [1.82, 2.24) is 4.90 Å². The zero-order chi connectivity index (χ0) is 16.9. The average molecular weight is 390 g/mol. The van der Waals surface area contributed by atoms with Crippen molar-refractivity contribution in [3.8, 4) is 17.2 Å². The van der Waals surface area contributed by atoms with E-state index in [1.165, 1.54) is 0 Å². The van der Waals surface area contributed by atoms with Crippen LogP contribution in [0.1, 0.15) is 19.8 Å². The quantitative estimate of drug-likeness (QED) is 0.698. The number of carbonyl (C=O) groups is 1. The molecule has 5 heteroatoms. The number of piperidine rings is 1. The largest absolute Gasteiger partial charge is 0.457 e. The number of rotatable bonds is 3. The van der Waals surface area contributed by atoms with Crippen LogP contribution >= 0.6 is 15.9 Å². The van der Waals surface area contributed by atoms with Crippen LogP contribution < -0.4 is 9.47 Å². The van der Waals surface area contributed by atoms with Crippen molar-refractivity contribution in [2.24, 2.45) is 5.92 Å². The lowest BCUT2D eigenvalue weighted by atomic mass is 10.00. The van der Waals surface area contributed by atoms with Gasteiger partial charge in [0.1, 0.15) is 17.2 Å². The van der Waals surface area contributed by atoms with Gasteiger partial charge in [-0.3, -0.25) is 0 Å². The first-order chi connectivity index (χ1) is 11.6. The van der Waals surface area contributed by atoms with E-state index < -0.39 is 0 Å². The maximum absolute atomic E-state index is 12.3. The van der Waals surface area contributed by atoms with Gasteiger partial charge in [0.2, 0.25) is 0 Å². The number of nitrogens with zero attached hydrogens (tertiary/aromatic N) is 1. The summed E-state index contributed by atoms with van der Waals surface area (Å²) in [5, 5.41) is 0. The van der Waals surface area contributed by atoms with E-state index in [4.69, 9.17) is 9.47 Å². The van der Waals surface area contributed by atoms with Gasteiger partial charge in [0, 0.05) is 13.1 Å². The molecular formula is C19H20BrNO3. The van der Waals surface area contributed by atoms with Gasteiger partial charge in [0.25, 0.3) is 0 Å². The number of ether oxygens (including phenoxy) is 2. The van der Waals surface area contributed by atoms with Crippen LogP contribution in [0, 0.1) is 5.92 Å². The molecule has 0 aliphatic carbocycles. The number of amides is 1. The van der Waals surface area contributed by atoms with Gasteiger partial charge in [-0.05, 0) is 65.0 Å². The normalized spacial score (nSPS) is 15.2. The molecule has 0 atom stereocenters. The van der Waals surface area contributed by atoms with Gasteiger partial charge < -0.3 is 14.4 Å². The minimum Gasteiger partial charge on any atom is -0.457 e. The molecule has 1 aliphatic heterocycles. The molecule has 126 valence electrons. The zero-order valence-corrected chi connectivity index (χ0v) is 15.2. The molecule has 0 spiro atoms. The Balaban J connectivity index is 1.63. The fraction of sp³-hybridized carbons (Fsp3) is 0.316. The van der Waals surface area contributed by atoms with Crippen molar-refractivity contribution < 1.29 is 14.3 Å². The lowest BCUT2D eigenvalue weighted by molar-refractivity contribution is 0.133. The highest BCUT2D eigenvalue weighted by Crippen LogP contribution is 2.32. The van der Waals surface area contributed by atoms with Crippen molar-refractivity contribution in [3.63, 3.8) is 0 Å². The SMILES string of the molecule is CC1CCN(C(=O)Oc2ccc(Oc3ccccc3)cc2Br)CC1. The van der Waals surface area contributed by atoms with Crippen LogP contribution in [-0.4, -0.2) is 24.1 Å². The summed E-state index contributed by atoms with van der Waals surface area (Å²) in [6.07, 6.45) is 1.76. The molecule has 24 heavy (non-hydrogen) atoms. The van der Waals surface area contributed by atoms with Crippen LogP contribution in [0.4, 0.5) is 4.79 Å². The highest BCUT2D eigenvalue weighted by molar-refractivity contribution is 9.10. The molecule has 1 amide bonds. The Kier molecular flexibility index (Phi) is 5.41. The van der Waals surface area contributed by atoms with E-state index in [-0.39, 0.29) is 6.09 Å². The number of benzene rings is 2. The third kappa shape index (κ3) is 4.29. The molecule has 0 radical (unpaired) electrons. The molecule has 1 aliphatic rings. The Morgan fingerprint density at radius 1 is 1.08 bits per heavy atom. The molecule has 1 fully saturated rings. The number of para-hydroxylation sites is 1. The fourth-order valence-electron chi connectivity index (χ4n) is 2.60. The summed E-state index contributed by atoms with van der Waals surface area (Å²) in [6, 6.07) is 14.9. The maximum Gasteiger partial charge on any atom is 0.415 e. The van der Waals surface area contributed by atoms with Crippen molar-refractivity contribution in [2.45, 2.75) is 19.8 Å². The summed E-state index contributed by atoms with van der Waals surface area (Å²) in [4.78, 5) is 14.0. The third-order valence-corrected chi connectivity index (χ3v) is 4.74. The summed E-state index contributed by atoms with van der Waals surface area (Å²) >= 11 is 3.45. The predicted octanol–water partition coefficient (Wildman–Crippen LogP) is 5.47. The van der Waals surface area contributed by atoms with Crippen molar-refractivity contribution in [3.05, 3.63) is 53.0 Å². The van der Waals surface area contributed by atoms with Crippen LogP contribution in [0.25, 0.3) is 0 Å². The highest BCUT2D eigenvalue weighted by atomic mass is 79.9. The second-order valence-corrected chi connectivity index (χ2v) is 6.90. The second-order valence-electron chi connectivity index (χ2n) is 6.04. The molecule has 0 bridgehead atoms. The predicted molar refractivity (Wildman–Crippen MR) is 96.7 cm³/mol. The number of carbonyl (C=O) groups excluding carboxylic acids is 1. The topological polar surface area (TPSA) is 38.8 Å². The van der Waals surface area contributed by atoms with Gasteiger partial charge in [0.05, 0.1) is 4.47 Å². The van der Waals surface area contributed by atoms with Crippen molar-refractivity contribution >= 4 is 22.0 Å². The summed E-state index contributed by atoms with van der Waals surface area (Å²) in [7, 11) is 0. The van der Waals surface area contributed by atoms with Gasteiger partial charge in [-0.25, -0.2) is 4.79 Å². The minimum atomic E-state index is -0.292. The molecule has 4 nitrogen and oxygen atoms in total. The van der Waals surface area contributed by atoms with E-state index >= 15 is 0 Å². The molecule has 0 aromatic heterocycles.